The van der Waals surface area contributed by atoms with E-state index in [9.17, 15) is 9.59 Å². The summed E-state index contributed by atoms with van der Waals surface area (Å²) < 4.78 is 0. The minimum Gasteiger partial charge on any atom is -0.342 e. The Labute approximate surface area is 106 Å². The van der Waals surface area contributed by atoms with Gasteiger partial charge in [0.15, 0.2) is 0 Å². The molecule has 92 valence electrons. The van der Waals surface area contributed by atoms with E-state index in [0.29, 0.717) is 31.7 Å². The molecule has 1 aromatic rings. The average Bonchev–Trinajstić information content (AvgIpc) is 2.39. The van der Waals surface area contributed by atoms with Gasteiger partial charge < -0.3 is 9.80 Å². The van der Waals surface area contributed by atoms with Crippen LogP contribution in [0.1, 0.15) is 10.4 Å². The zero-order chi connectivity index (χ0) is 11.4. The van der Waals surface area contributed by atoms with E-state index in [1.54, 1.807) is 34.3 Å². The third kappa shape index (κ3) is 3.17. The van der Waals surface area contributed by atoms with E-state index in [1.165, 1.54) is 0 Å². The molecule has 1 saturated heterocycles. The highest BCUT2D eigenvalue weighted by Crippen LogP contribution is 2.06. The van der Waals surface area contributed by atoms with Crippen LogP contribution in [0, 0.1) is 0 Å². The van der Waals surface area contributed by atoms with Crippen LogP contribution in [0.2, 0.25) is 0 Å². The fourth-order valence-electron chi connectivity index (χ4n) is 1.70. The van der Waals surface area contributed by atoms with Crippen molar-refractivity contribution in [3.8, 4) is 0 Å². The Hall–Kier alpha value is -1.62. The number of halogens is 1. The second kappa shape index (κ2) is 6.20. The number of carbonyl (C=O) groups is 2. The molecule has 0 saturated carbocycles. The summed E-state index contributed by atoms with van der Waals surface area (Å²) in [6.07, 6.45) is 4.03. The highest BCUT2D eigenvalue weighted by atomic mass is 35.5. The monoisotopic (exact) mass is 255 g/mol. The summed E-state index contributed by atoms with van der Waals surface area (Å²) in [5.41, 5.74) is 0.599. The van der Waals surface area contributed by atoms with Crippen molar-refractivity contribution in [2.24, 2.45) is 0 Å². The lowest BCUT2D eigenvalue weighted by atomic mass is 10.2. The molecule has 1 aromatic heterocycles. The van der Waals surface area contributed by atoms with Crippen molar-refractivity contribution in [1.29, 1.82) is 0 Å². The van der Waals surface area contributed by atoms with Crippen molar-refractivity contribution in [3.63, 3.8) is 0 Å². The molecule has 0 atom stereocenters. The molecule has 0 unspecified atom stereocenters. The number of piperazine rings is 1. The first-order chi connectivity index (χ1) is 7.81. The average molecular weight is 256 g/mol. The van der Waals surface area contributed by atoms with Crippen molar-refractivity contribution in [2.45, 2.75) is 0 Å². The Kier molecular flexibility index (Phi) is 4.90. The molecule has 0 aliphatic carbocycles. The molecule has 1 aliphatic heterocycles. The second-order valence-corrected chi connectivity index (χ2v) is 3.68. The number of hydrogen-bond donors (Lipinski definition) is 0. The molecule has 17 heavy (non-hydrogen) atoms. The fraction of sp³-hybridized carbons (Fsp3) is 0.364. The first-order valence-electron chi connectivity index (χ1n) is 5.20. The molecule has 0 radical (unpaired) electrons. The number of pyridine rings is 1. The van der Waals surface area contributed by atoms with Crippen molar-refractivity contribution in [3.05, 3.63) is 30.1 Å². The van der Waals surface area contributed by atoms with E-state index < -0.39 is 0 Å². The first kappa shape index (κ1) is 13.4. The van der Waals surface area contributed by atoms with E-state index in [-0.39, 0.29) is 18.3 Å². The van der Waals surface area contributed by atoms with Crippen molar-refractivity contribution < 1.29 is 9.59 Å². The molecule has 0 N–H and O–H groups in total. The largest absolute Gasteiger partial charge is 0.342 e. The van der Waals surface area contributed by atoms with Crippen LogP contribution in [0.5, 0.6) is 0 Å². The lowest BCUT2D eigenvalue weighted by Crippen LogP contribution is -2.48. The third-order valence-electron chi connectivity index (χ3n) is 2.66. The summed E-state index contributed by atoms with van der Waals surface area (Å²) in [6, 6.07) is 3.50. The Balaban J connectivity index is 0.00000144. The summed E-state index contributed by atoms with van der Waals surface area (Å²) >= 11 is 0. The molecule has 0 aromatic carbocycles. The lowest BCUT2D eigenvalue weighted by Gasteiger charge is -2.32. The lowest BCUT2D eigenvalue weighted by molar-refractivity contribution is -0.119. The molecule has 0 bridgehead atoms. The van der Waals surface area contributed by atoms with Gasteiger partial charge in [-0.1, -0.05) is 0 Å². The summed E-state index contributed by atoms with van der Waals surface area (Å²) in [5, 5.41) is 0. The van der Waals surface area contributed by atoms with Crippen LogP contribution in [0.4, 0.5) is 0 Å². The van der Waals surface area contributed by atoms with Gasteiger partial charge in [0, 0.05) is 38.6 Å². The number of carbonyl (C=O) groups excluding carboxylic acids is 2. The standard InChI is InChI=1S/C11H13N3O2.ClH/c15-9-13-4-6-14(7-5-13)11(16)10-2-1-3-12-8-10;/h1-3,8-9H,4-7H2;1H. The molecule has 6 heteroatoms. The zero-order valence-corrected chi connectivity index (χ0v) is 10.1. The minimum absolute atomic E-state index is 0. The second-order valence-electron chi connectivity index (χ2n) is 3.68. The Morgan fingerprint density at radius 1 is 1.29 bits per heavy atom. The van der Waals surface area contributed by atoms with Gasteiger partial charge in [-0.15, -0.1) is 12.4 Å². The van der Waals surface area contributed by atoms with Crippen LogP contribution >= 0.6 is 12.4 Å². The van der Waals surface area contributed by atoms with Crippen LogP contribution < -0.4 is 0 Å². The van der Waals surface area contributed by atoms with E-state index in [1.807, 2.05) is 0 Å². The predicted molar refractivity (Wildman–Crippen MR) is 65.0 cm³/mol. The van der Waals surface area contributed by atoms with E-state index in [4.69, 9.17) is 0 Å². The molecular weight excluding hydrogens is 242 g/mol. The number of aromatic nitrogens is 1. The number of hydrogen-bond acceptors (Lipinski definition) is 3. The normalized spacial score (nSPS) is 15.1. The van der Waals surface area contributed by atoms with Gasteiger partial charge in [-0.05, 0) is 12.1 Å². The molecular formula is C11H14ClN3O2. The predicted octanol–water partition coefficient (Wildman–Crippen LogP) is 0.418. The van der Waals surface area contributed by atoms with Gasteiger partial charge in [0.05, 0.1) is 5.56 Å². The van der Waals surface area contributed by atoms with Crippen LogP contribution in [0.25, 0.3) is 0 Å². The molecule has 5 nitrogen and oxygen atoms in total. The van der Waals surface area contributed by atoms with Gasteiger partial charge in [0.25, 0.3) is 5.91 Å². The molecule has 2 amide bonds. The molecule has 1 aliphatic rings. The van der Waals surface area contributed by atoms with Gasteiger partial charge in [-0.2, -0.15) is 0 Å². The maximum Gasteiger partial charge on any atom is 0.255 e. The maximum atomic E-state index is 12.0. The van der Waals surface area contributed by atoms with E-state index >= 15 is 0 Å². The number of amides is 2. The fourth-order valence-corrected chi connectivity index (χ4v) is 1.70. The highest BCUT2D eigenvalue weighted by Gasteiger charge is 2.20. The summed E-state index contributed by atoms with van der Waals surface area (Å²) in [5.74, 6) is -0.0151. The van der Waals surface area contributed by atoms with Crippen molar-refractivity contribution in [1.82, 2.24) is 14.8 Å². The molecule has 2 rings (SSSR count). The molecule has 2 heterocycles. The number of nitrogens with zero attached hydrogens (tertiary/aromatic N) is 3. The summed E-state index contributed by atoms with van der Waals surface area (Å²) in [6.45, 7) is 2.39. The third-order valence-corrected chi connectivity index (χ3v) is 2.66. The van der Waals surface area contributed by atoms with E-state index in [2.05, 4.69) is 4.98 Å². The highest BCUT2D eigenvalue weighted by molar-refractivity contribution is 5.94. The van der Waals surface area contributed by atoms with Crippen LogP contribution in [-0.4, -0.2) is 53.3 Å². The Morgan fingerprint density at radius 2 is 2.00 bits per heavy atom. The summed E-state index contributed by atoms with van der Waals surface area (Å²) in [7, 11) is 0. The van der Waals surface area contributed by atoms with E-state index in [0.717, 1.165) is 6.41 Å². The van der Waals surface area contributed by atoms with Gasteiger partial charge >= 0.3 is 0 Å². The first-order valence-corrected chi connectivity index (χ1v) is 5.20. The molecule has 0 spiro atoms. The molecule has 1 fully saturated rings. The minimum atomic E-state index is -0.0151. The van der Waals surface area contributed by atoms with Crippen LogP contribution in [0.15, 0.2) is 24.5 Å². The Morgan fingerprint density at radius 3 is 2.53 bits per heavy atom. The van der Waals surface area contributed by atoms with Crippen LogP contribution in [-0.2, 0) is 4.79 Å². The van der Waals surface area contributed by atoms with Gasteiger partial charge in [-0.3, -0.25) is 14.6 Å². The van der Waals surface area contributed by atoms with Gasteiger partial charge in [0.1, 0.15) is 0 Å². The van der Waals surface area contributed by atoms with Crippen molar-refractivity contribution in [2.75, 3.05) is 26.2 Å². The van der Waals surface area contributed by atoms with Gasteiger partial charge in [0.2, 0.25) is 6.41 Å². The zero-order valence-electron chi connectivity index (χ0n) is 9.28. The van der Waals surface area contributed by atoms with Crippen molar-refractivity contribution >= 4 is 24.7 Å². The quantitative estimate of drug-likeness (QED) is 0.720. The Bertz CT molecular complexity index is 378. The summed E-state index contributed by atoms with van der Waals surface area (Å²) in [4.78, 5) is 29.8. The topological polar surface area (TPSA) is 53.5 Å². The maximum absolute atomic E-state index is 12.0. The number of rotatable bonds is 2. The smallest absolute Gasteiger partial charge is 0.255 e. The van der Waals surface area contributed by atoms with Gasteiger partial charge in [-0.25, -0.2) is 0 Å². The van der Waals surface area contributed by atoms with Crippen LogP contribution in [0.3, 0.4) is 0 Å². The SMILES string of the molecule is Cl.O=CN1CCN(C(=O)c2cccnc2)CC1.